The summed E-state index contributed by atoms with van der Waals surface area (Å²) < 4.78 is 4.47. The van der Waals surface area contributed by atoms with Crippen molar-refractivity contribution in [2.75, 3.05) is 19.8 Å². The van der Waals surface area contributed by atoms with E-state index in [0.29, 0.717) is 25.8 Å². The average Bonchev–Trinajstić information content (AvgIpc) is 3.36. The van der Waals surface area contributed by atoms with E-state index in [1.165, 1.54) is 0 Å². The van der Waals surface area contributed by atoms with Crippen molar-refractivity contribution in [3.05, 3.63) is 25.3 Å². The largest absolute Gasteiger partial charge is 0.465 e. The van der Waals surface area contributed by atoms with E-state index in [9.17, 15) is 19.5 Å². The quantitative estimate of drug-likeness (QED) is 0.262. The molecule has 3 heterocycles. The third kappa shape index (κ3) is 4.57. The molecule has 35 heavy (non-hydrogen) atoms. The van der Waals surface area contributed by atoms with Gasteiger partial charge in [-0.05, 0) is 59.8 Å². The molecule has 0 aromatic rings. The molecule has 3 rings (SSSR count). The van der Waals surface area contributed by atoms with Crippen molar-refractivity contribution < 1.29 is 24.2 Å². The molecule has 2 amide bonds. The predicted octanol–water partition coefficient (Wildman–Crippen LogP) is 3.56. The van der Waals surface area contributed by atoms with Crippen LogP contribution < -0.4 is 0 Å². The van der Waals surface area contributed by atoms with Gasteiger partial charge in [0, 0.05) is 16.8 Å². The zero-order valence-electron chi connectivity index (χ0n) is 21.9. The number of esters is 1. The summed E-state index contributed by atoms with van der Waals surface area (Å²) >= 11 is 1.63. The van der Waals surface area contributed by atoms with Crippen LogP contribution in [0.5, 0.6) is 0 Å². The molecule has 0 aliphatic carbocycles. The Morgan fingerprint density at radius 1 is 1.31 bits per heavy atom. The number of allylic oxidation sites excluding steroid dienone is 1. The Hall–Kier alpha value is -1.80. The van der Waals surface area contributed by atoms with Gasteiger partial charge >= 0.3 is 5.97 Å². The van der Waals surface area contributed by atoms with Crippen molar-refractivity contribution in [3.8, 4) is 0 Å². The van der Waals surface area contributed by atoms with Crippen LogP contribution in [0.1, 0.15) is 66.7 Å². The molecule has 8 heteroatoms. The first-order valence-corrected chi connectivity index (χ1v) is 13.6. The van der Waals surface area contributed by atoms with Gasteiger partial charge < -0.3 is 19.6 Å². The monoisotopic (exact) mass is 506 g/mol. The lowest BCUT2D eigenvalue weighted by Gasteiger charge is -2.43. The number of aliphatic hydroxyl groups is 1. The van der Waals surface area contributed by atoms with Gasteiger partial charge in [-0.2, -0.15) is 0 Å². The second kappa shape index (κ2) is 10.3. The number of hydrogen-bond donors (Lipinski definition) is 1. The molecule has 1 N–H and O–H groups in total. The fourth-order valence-corrected chi connectivity index (χ4v) is 8.59. The first kappa shape index (κ1) is 27.8. The van der Waals surface area contributed by atoms with E-state index in [1.807, 2.05) is 34.6 Å². The maximum absolute atomic E-state index is 14.3. The van der Waals surface area contributed by atoms with Crippen molar-refractivity contribution in [1.82, 2.24) is 9.80 Å². The summed E-state index contributed by atoms with van der Waals surface area (Å²) in [6.07, 6.45) is 6.85. The highest BCUT2D eigenvalue weighted by molar-refractivity contribution is 8.02. The first-order chi connectivity index (χ1) is 16.4. The number of ether oxygens (including phenoxy) is 1. The van der Waals surface area contributed by atoms with Gasteiger partial charge in [0.1, 0.15) is 6.04 Å². The highest BCUT2D eigenvalue weighted by atomic mass is 32.2. The molecular weight excluding hydrogens is 464 g/mol. The van der Waals surface area contributed by atoms with Gasteiger partial charge in [0.05, 0.1) is 35.8 Å². The Labute approximate surface area is 214 Å². The molecule has 3 aliphatic rings. The number of amides is 2. The predicted molar refractivity (Wildman–Crippen MR) is 139 cm³/mol. The molecule has 3 fully saturated rings. The standard InChI is InChI=1S/C27H42N2O5S/c1-8-11-12-16-34-24(33)20-19-22(31)29(18(10-3)17-30)21(27(19)14-13-26(20,7)35-27)23(32)28(15-9-2)25(4,5)6/h8-9,18-21,30H,1-2,10-17H2,3-7H3/t18-,19-,20-,21?,26+,27?/m0/s1. The van der Waals surface area contributed by atoms with E-state index < -0.39 is 39.0 Å². The smallest absolute Gasteiger partial charge is 0.311 e. The van der Waals surface area contributed by atoms with Gasteiger partial charge in [-0.3, -0.25) is 14.4 Å². The summed E-state index contributed by atoms with van der Waals surface area (Å²) in [5.74, 6) is -1.96. The summed E-state index contributed by atoms with van der Waals surface area (Å²) in [5, 5.41) is 10.2. The maximum atomic E-state index is 14.3. The summed E-state index contributed by atoms with van der Waals surface area (Å²) in [5.41, 5.74) is -0.482. The molecule has 0 aromatic heterocycles. The fraction of sp³-hybridized carbons (Fsp3) is 0.741. The maximum Gasteiger partial charge on any atom is 0.311 e. The van der Waals surface area contributed by atoms with Gasteiger partial charge in [-0.25, -0.2) is 0 Å². The average molecular weight is 507 g/mol. The Morgan fingerprint density at radius 2 is 2.00 bits per heavy atom. The molecule has 1 spiro atoms. The van der Waals surface area contributed by atoms with Crippen LogP contribution in [0, 0.1) is 11.8 Å². The van der Waals surface area contributed by atoms with Crippen LogP contribution >= 0.6 is 11.8 Å². The molecule has 7 nitrogen and oxygen atoms in total. The van der Waals surface area contributed by atoms with Gasteiger partial charge in [0.2, 0.25) is 11.8 Å². The number of aliphatic hydroxyl groups excluding tert-OH is 1. The van der Waals surface area contributed by atoms with Crippen molar-refractivity contribution >= 4 is 29.5 Å². The topological polar surface area (TPSA) is 87.1 Å². The van der Waals surface area contributed by atoms with Gasteiger partial charge in [0.25, 0.3) is 0 Å². The molecule has 0 radical (unpaired) electrons. The molecule has 0 saturated carbocycles. The van der Waals surface area contributed by atoms with Gasteiger partial charge in [-0.15, -0.1) is 24.9 Å². The number of hydrogen-bond acceptors (Lipinski definition) is 6. The molecule has 0 aromatic carbocycles. The van der Waals surface area contributed by atoms with Crippen LogP contribution in [-0.2, 0) is 19.1 Å². The molecule has 2 bridgehead atoms. The van der Waals surface area contributed by atoms with Crippen molar-refractivity contribution in [2.24, 2.45) is 11.8 Å². The van der Waals surface area contributed by atoms with Gasteiger partial charge in [-0.1, -0.05) is 19.1 Å². The summed E-state index contributed by atoms with van der Waals surface area (Å²) in [6, 6.07) is -1.24. The van der Waals surface area contributed by atoms with Crippen LogP contribution in [-0.4, -0.2) is 79.6 Å². The van der Waals surface area contributed by atoms with Crippen molar-refractivity contribution in [2.45, 2.75) is 93.8 Å². The lowest BCUT2D eigenvalue weighted by Crippen LogP contribution is -2.60. The van der Waals surface area contributed by atoms with E-state index >= 15 is 0 Å². The number of carbonyl (C=O) groups excluding carboxylic acids is 3. The third-order valence-corrected chi connectivity index (χ3v) is 9.95. The van der Waals surface area contributed by atoms with E-state index in [2.05, 4.69) is 13.2 Å². The minimum absolute atomic E-state index is 0.142. The summed E-state index contributed by atoms with van der Waals surface area (Å²) in [7, 11) is 0. The van der Waals surface area contributed by atoms with E-state index in [1.54, 1.807) is 33.7 Å². The Morgan fingerprint density at radius 3 is 2.54 bits per heavy atom. The van der Waals surface area contributed by atoms with E-state index in [-0.39, 0.29) is 31.0 Å². The SMILES string of the molecule is C=CCCCOC(=O)[C@@H]1[C@H]2C(=O)N([C@@H](CC)CO)C(C(=O)N(CC=C)C(C)(C)C)C23CC[C@@]1(C)S3. The summed E-state index contributed by atoms with van der Waals surface area (Å²) in [6.45, 7) is 17.8. The number of rotatable bonds is 11. The molecule has 2 unspecified atom stereocenters. The lowest BCUT2D eigenvalue weighted by atomic mass is 9.66. The number of carbonyl (C=O) groups is 3. The molecule has 3 saturated heterocycles. The molecule has 3 aliphatic heterocycles. The van der Waals surface area contributed by atoms with E-state index in [0.717, 1.165) is 12.8 Å². The first-order valence-electron chi connectivity index (χ1n) is 12.8. The zero-order valence-corrected chi connectivity index (χ0v) is 22.7. The highest BCUT2D eigenvalue weighted by Crippen LogP contribution is 2.71. The Bertz CT molecular complexity index is 866. The lowest BCUT2D eigenvalue weighted by molar-refractivity contribution is -0.156. The highest BCUT2D eigenvalue weighted by Gasteiger charge is 2.78. The minimum atomic E-state index is -0.748. The second-order valence-electron chi connectivity index (χ2n) is 11.2. The normalized spacial score (nSPS) is 32.3. The fourth-order valence-electron chi connectivity index (χ4n) is 6.27. The number of fused-ring (bicyclic) bond motifs is 1. The number of thioether (sulfide) groups is 1. The Kier molecular flexibility index (Phi) is 8.17. The second-order valence-corrected chi connectivity index (χ2v) is 13.1. The molecule has 196 valence electrons. The van der Waals surface area contributed by atoms with Crippen LogP contribution in [0.25, 0.3) is 0 Å². The Balaban J connectivity index is 2.06. The number of likely N-dealkylation sites (tertiary alicyclic amines) is 1. The molecular formula is C27H42N2O5S. The zero-order chi connectivity index (χ0) is 26.2. The van der Waals surface area contributed by atoms with Crippen molar-refractivity contribution in [1.29, 1.82) is 0 Å². The number of unbranched alkanes of at least 4 members (excludes halogenated alkanes) is 1. The van der Waals surface area contributed by atoms with Crippen LogP contribution in [0.15, 0.2) is 25.3 Å². The van der Waals surface area contributed by atoms with Gasteiger partial charge in [0.15, 0.2) is 0 Å². The van der Waals surface area contributed by atoms with Crippen LogP contribution in [0.4, 0.5) is 0 Å². The third-order valence-electron chi connectivity index (χ3n) is 7.96. The van der Waals surface area contributed by atoms with Crippen LogP contribution in [0.3, 0.4) is 0 Å². The molecule has 6 atom stereocenters. The summed E-state index contributed by atoms with van der Waals surface area (Å²) in [4.78, 5) is 45.2. The van der Waals surface area contributed by atoms with Crippen molar-refractivity contribution in [3.63, 3.8) is 0 Å². The minimum Gasteiger partial charge on any atom is -0.465 e. The van der Waals surface area contributed by atoms with E-state index in [4.69, 9.17) is 4.74 Å². The van der Waals surface area contributed by atoms with Crippen LogP contribution in [0.2, 0.25) is 0 Å². The number of nitrogens with zero attached hydrogens (tertiary/aromatic N) is 2.